The van der Waals surface area contributed by atoms with Crippen LogP contribution in [0.3, 0.4) is 0 Å². The first-order chi connectivity index (χ1) is 4.55. The van der Waals surface area contributed by atoms with Crippen LogP contribution in [0, 0.1) is 9.02 Å². The van der Waals surface area contributed by atoms with Crippen LogP contribution in [-0.2, 0) is 0 Å². The van der Waals surface area contributed by atoms with Crippen molar-refractivity contribution in [3.63, 3.8) is 0 Å². The van der Waals surface area contributed by atoms with E-state index >= 15 is 0 Å². The molecule has 0 aromatic heterocycles. The Morgan fingerprint density at radius 3 is 1.60 bits per heavy atom. The van der Waals surface area contributed by atoms with Crippen LogP contribution in [0.5, 0.6) is 11.5 Å². The average Bonchev–Trinajstić information content (AvgIpc) is 2.07. The largest absolute Gasteiger partial charge is 0.503 e. The highest BCUT2D eigenvalue weighted by Gasteiger charge is 2.11. The van der Waals surface area contributed by atoms with E-state index < -0.39 is 16.9 Å². The predicted molar refractivity (Wildman–Crippen MR) is 40.1 cm³/mol. The summed E-state index contributed by atoms with van der Waals surface area (Å²) >= 11 is 8.95. The van der Waals surface area contributed by atoms with E-state index in [4.69, 9.17) is 10.2 Å². The van der Waals surface area contributed by atoms with Crippen molar-refractivity contribution in [3.8, 4) is 11.5 Å². The van der Waals surface area contributed by atoms with Crippen LogP contribution in [-0.4, -0.2) is 10.2 Å². The first-order valence-corrected chi connectivity index (χ1v) is 3.13. The van der Waals surface area contributed by atoms with Gasteiger partial charge in [-0.1, -0.05) is 24.4 Å². The lowest BCUT2D eigenvalue weighted by Crippen LogP contribution is -1.91. The SMILES string of the molecule is O=c1c(O)c(O)c(=S)c1=S. The summed E-state index contributed by atoms with van der Waals surface area (Å²) in [6.45, 7) is 0. The van der Waals surface area contributed by atoms with E-state index in [2.05, 4.69) is 24.4 Å². The van der Waals surface area contributed by atoms with Gasteiger partial charge in [0, 0.05) is 0 Å². The quantitative estimate of drug-likeness (QED) is 0.569. The number of aromatic hydroxyl groups is 2. The first-order valence-electron chi connectivity index (χ1n) is 2.31. The predicted octanol–water partition coefficient (Wildman–Crippen LogP) is 0.793. The molecule has 3 nitrogen and oxygen atoms in total. The van der Waals surface area contributed by atoms with Gasteiger partial charge in [0.2, 0.25) is 11.2 Å². The molecule has 10 heavy (non-hydrogen) atoms. The van der Waals surface area contributed by atoms with Crippen molar-refractivity contribution in [1.82, 2.24) is 0 Å². The minimum atomic E-state index is -0.766. The van der Waals surface area contributed by atoms with Gasteiger partial charge in [-0.15, -0.1) is 0 Å². The molecule has 0 saturated carbocycles. The van der Waals surface area contributed by atoms with Gasteiger partial charge in [0.05, 0.1) is 0 Å². The second-order valence-corrected chi connectivity index (χ2v) is 2.50. The molecule has 1 aromatic rings. The smallest absolute Gasteiger partial charge is 0.243 e. The van der Waals surface area contributed by atoms with E-state index in [9.17, 15) is 4.79 Å². The maximum absolute atomic E-state index is 10.6. The lowest BCUT2D eigenvalue weighted by atomic mass is 10.5. The Kier molecular flexibility index (Phi) is 1.53. The molecule has 0 saturated heterocycles. The molecule has 0 heterocycles. The first kappa shape index (κ1) is 7.30. The van der Waals surface area contributed by atoms with Crippen molar-refractivity contribution >= 4 is 24.4 Å². The summed E-state index contributed by atoms with van der Waals surface area (Å²) in [5.41, 5.74) is -0.766. The standard InChI is InChI=1S/C5H2O3S2/c6-1-2(7)4(9)5(10)3(1)8/h6-7H. The topological polar surface area (TPSA) is 57.5 Å². The van der Waals surface area contributed by atoms with Crippen LogP contribution >= 0.6 is 24.4 Å². The molecule has 0 aliphatic carbocycles. The molecule has 5 heteroatoms. The lowest BCUT2D eigenvalue weighted by molar-refractivity contribution is 0.404. The highest BCUT2D eigenvalue weighted by atomic mass is 32.1. The van der Waals surface area contributed by atoms with Crippen LogP contribution in [0.15, 0.2) is 4.79 Å². The third kappa shape index (κ3) is 0.748. The highest BCUT2D eigenvalue weighted by molar-refractivity contribution is 7.74. The zero-order chi connectivity index (χ0) is 7.89. The van der Waals surface area contributed by atoms with Crippen LogP contribution in [0.4, 0.5) is 0 Å². The van der Waals surface area contributed by atoms with E-state index in [-0.39, 0.29) is 9.02 Å². The zero-order valence-corrected chi connectivity index (χ0v) is 6.25. The van der Waals surface area contributed by atoms with Crippen molar-refractivity contribution in [3.05, 3.63) is 19.2 Å². The van der Waals surface area contributed by atoms with Gasteiger partial charge in [-0.05, 0) is 0 Å². The molecule has 0 fully saturated rings. The van der Waals surface area contributed by atoms with Gasteiger partial charge in [0.1, 0.15) is 9.02 Å². The third-order valence-electron chi connectivity index (χ3n) is 1.07. The van der Waals surface area contributed by atoms with Crippen LogP contribution in [0.1, 0.15) is 0 Å². The molecule has 2 N–H and O–H groups in total. The molecule has 0 spiro atoms. The molecule has 52 valence electrons. The van der Waals surface area contributed by atoms with Gasteiger partial charge in [-0.3, -0.25) is 4.79 Å². The normalized spacial score (nSPS) is 10.0. The van der Waals surface area contributed by atoms with E-state index in [0.717, 1.165) is 0 Å². The van der Waals surface area contributed by atoms with E-state index in [1.165, 1.54) is 0 Å². The monoisotopic (exact) mass is 174 g/mol. The van der Waals surface area contributed by atoms with Crippen molar-refractivity contribution in [2.24, 2.45) is 0 Å². The molecule has 0 radical (unpaired) electrons. The zero-order valence-electron chi connectivity index (χ0n) is 4.62. The second kappa shape index (κ2) is 2.10. The van der Waals surface area contributed by atoms with Crippen molar-refractivity contribution in [2.75, 3.05) is 0 Å². The molecule has 0 atom stereocenters. The molecule has 0 unspecified atom stereocenters. The summed E-state index contributed by atoms with van der Waals surface area (Å²) in [4.78, 5) is 10.6. The van der Waals surface area contributed by atoms with Gasteiger partial charge in [-0.2, -0.15) is 0 Å². The Hall–Kier alpha value is -0.810. The Bertz CT molecular complexity index is 363. The van der Waals surface area contributed by atoms with Crippen LogP contribution in [0.2, 0.25) is 0 Å². The van der Waals surface area contributed by atoms with Gasteiger partial charge >= 0.3 is 0 Å². The Balaban J connectivity index is 3.97. The maximum atomic E-state index is 10.6. The summed E-state index contributed by atoms with van der Waals surface area (Å²) in [5.74, 6) is -1.32. The molecule has 0 bridgehead atoms. The van der Waals surface area contributed by atoms with Gasteiger partial charge in [-0.25, -0.2) is 0 Å². The van der Waals surface area contributed by atoms with E-state index in [0.29, 0.717) is 0 Å². The fraction of sp³-hybridized carbons (Fsp3) is 0. The number of hydrogen-bond donors (Lipinski definition) is 2. The van der Waals surface area contributed by atoms with E-state index in [1.54, 1.807) is 0 Å². The molecular weight excluding hydrogens is 172 g/mol. The molecule has 0 aliphatic heterocycles. The summed E-state index contributed by atoms with van der Waals surface area (Å²) < 4.78 is -0.331. The Morgan fingerprint density at radius 2 is 1.50 bits per heavy atom. The minimum Gasteiger partial charge on any atom is -0.503 e. The average molecular weight is 174 g/mol. The van der Waals surface area contributed by atoms with Crippen LogP contribution < -0.4 is 5.43 Å². The fourth-order valence-electron chi connectivity index (χ4n) is 0.533. The number of hydrogen-bond acceptors (Lipinski definition) is 5. The molecule has 0 amide bonds. The minimum absolute atomic E-state index is 0.141. The second-order valence-electron chi connectivity index (χ2n) is 1.68. The van der Waals surface area contributed by atoms with Crippen molar-refractivity contribution < 1.29 is 10.2 Å². The summed E-state index contributed by atoms with van der Waals surface area (Å²) in [5, 5.41) is 17.5. The summed E-state index contributed by atoms with van der Waals surface area (Å²) in [6.07, 6.45) is 0. The highest BCUT2D eigenvalue weighted by Crippen LogP contribution is 2.22. The van der Waals surface area contributed by atoms with Gasteiger partial charge in [0.15, 0.2) is 5.75 Å². The summed E-state index contributed by atoms with van der Waals surface area (Å²) in [6, 6.07) is 0. The van der Waals surface area contributed by atoms with Gasteiger partial charge < -0.3 is 10.2 Å². The molecule has 1 aromatic carbocycles. The molecular formula is C5H2O3S2. The lowest BCUT2D eigenvalue weighted by Gasteiger charge is -1.80. The van der Waals surface area contributed by atoms with Crippen LogP contribution in [0.25, 0.3) is 0 Å². The Labute approximate surface area is 65.9 Å². The van der Waals surface area contributed by atoms with Gasteiger partial charge in [0.25, 0.3) is 0 Å². The summed E-state index contributed by atoms with van der Waals surface area (Å²) in [7, 11) is 0. The Morgan fingerprint density at radius 1 is 1.00 bits per heavy atom. The fourth-order valence-corrected chi connectivity index (χ4v) is 0.916. The number of rotatable bonds is 0. The molecule has 0 aliphatic rings. The molecule has 1 rings (SSSR count). The van der Waals surface area contributed by atoms with Crippen molar-refractivity contribution in [1.29, 1.82) is 0 Å². The maximum Gasteiger partial charge on any atom is 0.243 e. The van der Waals surface area contributed by atoms with Crippen molar-refractivity contribution in [2.45, 2.75) is 0 Å². The van der Waals surface area contributed by atoms with E-state index in [1.807, 2.05) is 0 Å². The third-order valence-corrected chi connectivity index (χ3v) is 1.98.